The van der Waals surface area contributed by atoms with Crippen molar-refractivity contribution in [1.29, 1.82) is 0 Å². The van der Waals surface area contributed by atoms with Crippen molar-refractivity contribution in [1.82, 2.24) is 0 Å². The van der Waals surface area contributed by atoms with Crippen molar-refractivity contribution in [2.45, 2.75) is 296 Å². The minimum atomic E-state index is -1.63. The lowest BCUT2D eigenvalue weighted by atomic mass is 10.0. The minimum absolute atomic E-state index is 0.141. The number of ether oxygens (including phenoxy) is 4. The first kappa shape index (κ1) is 79.0. The maximum absolute atomic E-state index is 12.9. The maximum Gasteiger partial charge on any atom is 0.306 e. The summed E-state index contributed by atoms with van der Waals surface area (Å²) in [4.78, 5) is 37.4. The molecule has 0 radical (unpaired) electrons. The lowest BCUT2D eigenvalue weighted by Gasteiger charge is -2.26. The van der Waals surface area contributed by atoms with E-state index in [1.165, 1.54) is 148 Å². The van der Waals surface area contributed by atoms with E-state index in [1.807, 2.05) is 21.1 Å². The lowest BCUT2D eigenvalue weighted by molar-refractivity contribution is -0.870. The van der Waals surface area contributed by atoms with Crippen LogP contribution in [0.3, 0.4) is 0 Å². The van der Waals surface area contributed by atoms with E-state index < -0.39 is 24.3 Å². The fourth-order valence-corrected chi connectivity index (χ4v) is 9.38. The number of unbranched alkanes of at least 4 members (excludes halogenated alkanes) is 29. The Balaban J connectivity index is 3.99. The van der Waals surface area contributed by atoms with Crippen molar-refractivity contribution in [3.05, 3.63) is 109 Å². The van der Waals surface area contributed by atoms with E-state index >= 15 is 0 Å². The van der Waals surface area contributed by atoms with Crippen LogP contribution in [0.4, 0.5) is 0 Å². The van der Waals surface area contributed by atoms with Crippen molar-refractivity contribution < 1.29 is 42.9 Å². The largest absolute Gasteiger partial charge is 0.545 e. The van der Waals surface area contributed by atoms with E-state index in [0.717, 1.165) is 96.3 Å². The number of esters is 2. The molecule has 0 spiro atoms. The van der Waals surface area contributed by atoms with E-state index in [0.29, 0.717) is 23.9 Å². The Morgan fingerprint density at radius 3 is 0.964 bits per heavy atom. The zero-order valence-corrected chi connectivity index (χ0v) is 54.3. The first-order valence-electron chi connectivity index (χ1n) is 34.0. The highest BCUT2D eigenvalue weighted by Gasteiger charge is 2.22. The van der Waals surface area contributed by atoms with Crippen molar-refractivity contribution in [3.8, 4) is 0 Å². The zero-order chi connectivity index (χ0) is 60.5. The van der Waals surface area contributed by atoms with Gasteiger partial charge in [0.2, 0.25) is 0 Å². The highest BCUT2D eigenvalue weighted by Crippen LogP contribution is 2.17. The van der Waals surface area contributed by atoms with Gasteiger partial charge in [-0.05, 0) is 96.3 Å². The van der Waals surface area contributed by atoms with Gasteiger partial charge in [0.15, 0.2) is 12.4 Å². The molecule has 0 N–H and O–H groups in total. The predicted molar refractivity (Wildman–Crippen MR) is 352 cm³/mol. The number of carbonyl (C=O) groups is 3. The van der Waals surface area contributed by atoms with Crippen LogP contribution < -0.4 is 5.11 Å². The molecule has 0 aromatic heterocycles. The van der Waals surface area contributed by atoms with Crippen molar-refractivity contribution in [2.24, 2.45) is 0 Å². The lowest BCUT2D eigenvalue weighted by Crippen LogP contribution is -2.44. The second-order valence-electron chi connectivity index (χ2n) is 23.7. The fourth-order valence-electron chi connectivity index (χ4n) is 9.38. The van der Waals surface area contributed by atoms with Crippen LogP contribution in [0.2, 0.25) is 0 Å². The van der Waals surface area contributed by atoms with Crippen molar-refractivity contribution in [2.75, 3.05) is 47.5 Å². The molecule has 0 amide bonds. The molecule has 0 aromatic carbocycles. The fraction of sp³-hybridized carbons (Fsp3) is 0.716. The van der Waals surface area contributed by atoms with E-state index in [1.54, 1.807) is 0 Å². The summed E-state index contributed by atoms with van der Waals surface area (Å²) in [6.07, 6.45) is 86.2. The summed E-state index contributed by atoms with van der Waals surface area (Å²) in [5, 5.41) is 11.8. The third kappa shape index (κ3) is 65.3. The van der Waals surface area contributed by atoms with E-state index in [9.17, 15) is 19.5 Å². The molecule has 9 heteroatoms. The maximum atomic E-state index is 12.9. The van der Waals surface area contributed by atoms with Gasteiger partial charge in [0.25, 0.3) is 0 Å². The summed E-state index contributed by atoms with van der Waals surface area (Å²) in [6.45, 7) is 4.50. The third-order valence-electron chi connectivity index (χ3n) is 14.5. The van der Waals surface area contributed by atoms with Crippen LogP contribution in [0.5, 0.6) is 0 Å². The number of carboxylic acids is 1. The topological polar surface area (TPSA) is 111 Å². The summed E-state index contributed by atoms with van der Waals surface area (Å²) in [5.74, 6) is -2.31. The van der Waals surface area contributed by atoms with Crippen molar-refractivity contribution >= 4 is 17.9 Å². The summed E-state index contributed by atoms with van der Waals surface area (Å²) >= 11 is 0. The van der Waals surface area contributed by atoms with Crippen molar-refractivity contribution in [3.63, 3.8) is 0 Å². The van der Waals surface area contributed by atoms with Gasteiger partial charge in [-0.25, -0.2) is 0 Å². The molecule has 9 nitrogen and oxygen atoms in total. The molecule has 0 bridgehead atoms. The van der Waals surface area contributed by atoms with Gasteiger partial charge in [-0.1, -0.05) is 284 Å². The number of quaternary nitrogens is 1. The molecule has 0 saturated heterocycles. The van der Waals surface area contributed by atoms with Gasteiger partial charge >= 0.3 is 11.9 Å². The Kier molecular flexibility index (Phi) is 60.8. The molecule has 83 heavy (non-hydrogen) atoms. The molecule has 0 aliphatic rings. The van der Waals surface area contributed by atoms with Crippen LogP contribution in [-0.2, 0) is 33.3 Å². The SMILES string of the molecule is CC/C=C\C/C=C\C/C=C\C/C=C\C/C=C\CCCCCCCCCCCCCCCCCCCCCCCCCCCC(=O)OC(COC(=O)CCCCCC/C=C\C/C=C\C/C=C\C/C=C\CC)COC(OCC[N+](C)(C)C)C(=O)[O-]. The normalized spacial score (nSPS) is 13.4. The Hall–Kier alpha value is -4.05. The van der Waals surface area contributed by atoms with Crippen LogP contribution >= 0.6 is 0 Å². The van der Waals surface area contributed by atoms with Crippen LogP contribution in [-0.4, -0.2) is 82.3 Å². The average molecular weight is 1160 g/mol. The van der Waals surface area contributed by atoms with Crippen LogP contribution in [0.25, 0.3) is 0 Å². The number of hydrogen-bond acceptors (Lipinski definition) is 8. The Morgan fingerprint density at radius 1 is 0.361 bits per heavy atom. The molecule has 0 heterocycles. The van der Waals surface area contributed by atoms with Crippen LogP contribution in [0.1, 0.15) is 284 Å². The van der Waals surface area contributed by atoms with Gasteiger partial charge in [0, 0.05) is 12.8 Å². The van der Waals surface area contributed by atoms with Gasteiger partial charge < -0.3 is 33.3 Å². The van der Waals surface area contributed by atoms with E-state index in [-0.39, 0.29) is 38.6 Å². The smallest absolute Gasteiger partial charge is 0.306 e. The molecule has 0 fully saturated rings. The zero-order valence-electron chi connectivity index (χ0n) is 54.3. The van der Waals surface area contributed by atoms with E-state index in [2.05, 4.69) is 123 Å². The molecule has 476 valence electrons. The van der Waals surface area contributed by atoms with Crippen LogP contribution in [0, 0.1) is 0 Å². The number of aliphatic carboxylic acids is 1. The highest BCUT2D eigenvalue weighted by molar-refractivity contribution is 5.70. The number of hydrogen-bond donors (Lipinski definition) is 0. The quantitative estimate of drug-likeness (QED) is 0.0195. The number of rotatable bonds is 62. The summed E-state index contributed by atoms with van der Waals surface area (Å²) in [7, 11) is 5.92. The van der Waals surface area contributed by atoms with Gasteiger partial charge in [0.1, 0.15) is 13.2 Å². The average Bonchev–Trinajstić information content (AvgIpc) is 3.46. The highest BCUT2D eigenvalue weighted by atomic mass is 16.7. The number of carboxylic acid groups (broad SMARTS) is 1. The number of nitrogens with zero attached hydrogens (tertiary/aromatic N) is 1. The molecule has 0 saturated carbocycles. The molecule has 0 aliphatic heterocycles. The Labute approximate surface area is 511 Å². The first-order valence-corrected chi connectivity index (χ1v) is 34.0. The first-order chi connectivity index (χ1) is 40.6. The van der Waals surface area contributed by atoms with Gasteiger partial charge in [-0.3, -0.25) is 9.59 Å². The van der Waals surface area contributed by atoms with Gasteiger partial charge in [-0.15, -0.1) is 0 Å². The van der Waals surface area contributed by atoms with Gasteiger partial charge in [0.05, 0.1) is 40.3 Å². The molecular formula is C74H127NO8. The predicted octanol–water partition coefficient (Wildman–Crippen LogP) is 19.7. The summed E-state index contributed by atoms with van der Waals surface area (Å²) < 4.78 is 22.7. The van der Waals surface area contributed by atoms with Crippen LogP contribution in [0.15, 0.2) is 109 Å². The summed E-state index contributed by atoms with van der Waals surface area (Å²) in [5.41, 5.74) is 0. The van der Waals surface area contributed by atoms with Gasteiger partial charge in [-0.2, -0.15) is 0 Å². The van der Waals surface area contributed by atoms with E-state index in [4.69, 9.17) is 18.9 Å². The molecule has 0 aromatic rings. The Morgan fingerprint density at radius 2 is 0.651 bits per heavy atom. The molecule has 2 unspecified atom stereocenters. The number of likely N-dealkylation sites (N-methyl/N-ethyl adjacent to an activating group) is 1. The standard InChI is InChI=1S/C74H127NO8/c1-6-8-10-12-14-16-18-20-22-24-25-26-27-28-29-30-31-32-33-34-35-36-37-38-39-40-41-42-43-44-45-46-47-49-51-53-55-57-59-61-63-65-72(77)83-70(69-82-74(73(78)79)80-67-66-75(3,4)5)68-81-71(76)64-62-60-58-56-54-52-50-48-23-21-19-17-15-13-11-9-7-2/h8-11,14-17,20-23,25-26,28-29,50,52,70,74H,6-7,12-13,18-19,24,27,30-49,51,53-69H2,1-5H3/b10-8-,11-9-,16-14-,17-15-,22-20-,23-21-,26-25-,29-28-,52-50-. The summed E-state index contributed by atoms with van der Waals surface area (Å²) in [6, 6.07) is 0. The second-order valence-corrected chi connectivity index (χ2v) is 23.7. The monoisotopic (exact) mass is 1160 g/mol. The third-order valence-corrected chi connectivity index (χ3v) is 14.5. The number of carbonyl (C=O) groups excluding carboxylic acids is 3. The number of allylic oxidation sites excluding steroid dienone is 18. The molecular weight excluding hydrogens is 1030 g/mol. The Bertz CT molecular complexity index is 1730. The second kappa shape index (κ2) is 64.0. The molecule has 2 atom stereocenters. The molecule has 0 rings (SSSR count). The molecule has 0 aliphatic carbocycles. The minimum Gasteiger partial charge on any atom is -0.545 e.